The van der Waals surface area contributed by atoms with Crippen LogP contribution in [0, 0.1) is 20.8 Å². The van der Waals surface area contributed by atoms with Gasteiger partial charge >= 0.3 is 5.97 Å². The molecule has 0 aliphatic rings. The second kappa shape index (κ2) is 8.46. The molecular formula is C23H20Cl3NO3. The highest BCUT2D eigenvalue weighted by Gasteiger charge is 2.26. The predicted molar refractivity (Wildman–Crippen MR) is 123 cm³/mol. The zero-order valence-corrected chi connectivity index (χ0v) is 19.2. The number of aromatic nitrogens is 1. The van der Waals surface area contributed by atoms with E-state index < -0.39 is 11.4 Å². The molecule has 0 spiro atoms. The standard InChI is InChI=1S/C23H20Cl3NO3/c1-5-27-13(4)18(15-8-11(2)20(26)12(3)9-15)22(28)19(23(29)30)21(27)14-6-7-16(24)17(25)10-14/h6-10H,5H2,1-4H3,(H,29,30). The van der Waals surface area contributed by atoms with Gasteiger partial charge in [0.05, 0.1) is 15.7 Å². The first-order chi connectivity index (χ1) is 14.1. The molecule has 2 aromatic carbocycles. The van der Waals surface area contributed by atoms with Crippen LogP contribution in [0.2, 0.25) is 15.1 Å². The molecule has 0 bridgehead atoms. The first-order valence-corrected chi connectivity index (χ1v) is 10.4. The number of carbonyl (C=O) groups is 1. The van der Waals surface area contributed by atoms with E-state index in [-0.39, 0.29) is 10.6 Å². The third-order valence-corrected chi connectivity index (χ3v) is 6.51. The minimum atomic E-state index is -1.30. The average Bonchev–Trinajstić information content (AvgIpc) is 2.67. The summed E-state index contributed by atoms with van der Waals surface area (Å²) in [7, 11) is 0. The lowest BCUT2D eigenvalue weighted by Crippen LogP contribution is -2.25. The molecule has 0 saturated heterocycles. The van der Waals surface area contributed by atoms with Gasteiger partial charge in [0.15, 0.2) is 0 Å². The second-order valence-electron chi connectivity index (χ2n) is 7.12. The van der Waals surface area contributed by atoms with Crippen LogP contribution in [-0.4, -0.2) is 15.6 Å². The van der Waals surface area contributed by atoms with E-state index in [1.54, 1.807) is 18.2 Å². The fourth-order valence-electron chi connectivity index (χ4n) is 3.80. The van der Waals surface area contributed by atoms with E-state index in [1.165, 1.54) is 0 Å². The summed E-state index contributed by atoms with van der Waals surface area (Å²) in [5, 5.41) is 11.2. The molecule has 0 unspecified atom stereocenters. The SMILES string of the molecule is CCn1c(C)c(-c2cc(C)c(Cl)c(C)c2)c(=O)c(C(=O)O)c1-c1ccc(Cl)c(Cl)c1. The van der Waals surface area contributed by atoms with Crippen LogP contribution in [0.4, 0.5) is 0 Å². The van der Waals surface area contributed by atoms with E-state index in [9.17, 15) is 14.7 Å². The van der Waals surface area contributed by atoms with Gasteiger partial charge in [-0.3, -0.25) is 4.79 Å². The number of aromatic carboxylic acids is 1. The lowest BCUT2D eigenvalue weighted by atomic mass is 9.94. The quantitative estimate of drug-likeness (QED) is 0.462. The Bertz CT molecular complexity index is 1220. The van der Waals surface area contributed by atoms with Crippen molar-refractivity contribution in [2.45, 2.75) is 34.2 Å². The van der Waals surface area contributed by atoms with Crippen molar-refractivity contribution in [2.24, 2.45) is 0 Å². The van der Waals surface area contributed by atoms with Crippen LogP contribution in [0.3, 0.4) is 0 Å². The molecule has 0 aliphatic carbocycles. The third-order valence-electron chi connectivity index (χ3n) is 5.18. The summed E-state index contributed by atoms with van der Waals surface area (Å²) in [6, 6.07) is 8.45. The molecule has 3 rings (SSSR count). The lowest BCUT2D eigenvalue weighted by Gasteiger charge is -2.22. The van der Waals surface area contributed by atoms with Gasteiger partial charge in [-0.25, -0.2) is 4.79 Å². The van der Waals surface area contributed by atoms with Gasteiger partial charge in [0, 0.05) is 28.4 Å². The van der Waals surface area contributed by atoms with Crippen molar-refractivity contribution in [3.63, 3.8) is 0 Å². The number of hydrogen-bond donors (Lipinski definition) is 1. The predicted octanol–water partition coefficient (Wildman–Crippen LogP) is 6.79. The molecule has 1 aromatic heterocycles. The molecule has 7 heteroatoms. The van der Waals surface area contributed by atoms with Crippen molar-refractivity contribution < 1.29 is 9.90 Å². The summed E-state index contributed by atoms with van der Waals surface area (Å²) in [4.78, 5) is 25.7. The number of rotatable bonds is 4. The molecule has 0 radical (unpaired) electrons. The van der Waals surface area contributed by atoms with Gasteiger partial charge in [-0.05, 0) is 68.7 Å². The molecule has 0 saturated carbocycles. The molecule has 156 valence electrons. The molecule has 0 amide bonds. The number of benzene rings is 2. The number of pyridine rings is 1. The number of carboxylic acid groups (broad SMARTS) is 1. The number of aryl methyl sites for hydroxylation is 2. The van der Waals surface area contributed by atoms with Crippen LogP contribution in [0.1, 0.15) is 34.1 Å². The van der Waals surface area contributed by atoms with Crippen LogP contribution in [0.25, 0.3) is 22.4 Å². The number of carboxylic acids is 1. The summed E-state index contributed by atoms with van der Waals surface area (Å²) >= 11 is 18.5. The zero-order valence-electron chi connectivity index (χ0n) is 16.9. The summed E-state index contributed by atoms with van der Waals surface area (Å²) in [5.74, 6) is -1.30. The van der Waals surface area contributed by atoms with Gasteiger partial charge in [0.2, 0.25) is 5.43 Å². The Morgan fingerprint density at radius 3 is 2.07 bits per heavy atom. The maximum Gasteiger partial charge on any atom is 0.341 e. The normalized spacial score (nSPS) is 11.0. The van der Waals surface area contributed by atoms with E-state index in [0.717, 1.165) is 11.1 Å². The average molecular weight is 465 g/mol. The van der Waals surface area contributed by atoms with Crippen LogP contribution in [-0.2, 0) is 6.54 Å². The molecule has 4 nitrogen and oxygen atoms in total. The summed E-state index contributed by atoms with van der Waals surface area (Å²) in [5.41, 5.74) is 3.25. The van der Waals surface area contributed by atoms with Gasteiger partial charge in [0.1, 0.15) is 5.56 Å². The highest BCUT2D eigenvalue weighted by molar-refractivity contribution is 6.42. The van der Waals surface area contributed by atoms with E-state index in [2.05, 4.69) is 0 Å². The van der Waals surface area contributed by atoms with Crippen molar-refractivity contribution in [3.8, 4) is 22.4 Å². The van der Waals surface area contributed by atoms with Crippen LogP contribution >= 0.6 is 34.8 Å². The van der Waals surface area contributed by atoms with Gasteiger partial charge < -0.3 is 9.67 Å². The number of hydrogen-bond acceptors (Lipinski definition) is 2. The van der Waals surface area contributed by atoms with Crippen LogP contribution < -0.4 is 5.43 Å². The van der Waals surface area contributed by atoms with Gasteiger partial charge in [0.25, 0.3) is 0 Å². The van der Waals surface area contributed by atoms with Crippen LogP contribution in [0.15, 0.2) is 35.1 Å². The highest BCUT2D eigenvalue weighted by Crippen LogP contribution is 2.34. The minimum absolute atomic E-state index is 0.284. The van der Waals surface area contributed by atoms with Gasteiger partial charge in [-0.1, -0.05) is 40.9 Å². The second-order valence-corrected chi connectivity index (χ2v) is 8.31. The van der Waals surface area contributed by atoms with Gasteiger partial charge in [-0.15, -0.1) is 0 Å². The van der Waals surface area contributed by atoms with Crippen molar-refractivity contribution in [2.75, 3.05) is 0 Å². The Labute approximate surface area is 189 Å². The Morgan fingerprint density at radius 2 is 1.57 bits per heavy atom. The zero-order chi connectivity index (χ0) is 22.3. The molecule has 0 aliphatic heterocycles. The van der Waals surface area contributed by atoms with E-state index >= 15 is 0 Å². The van der Waals surface area contributed by atoms with Crippen molar-refractivity contribution in [1.29, 1.82) is 0 Å². The topological polar surface area (TPSA) is 59.3 Å². The lowest BCUT2D eigenvalue weighted by molar-refractivity contribution is 0.0695. The van der Waals surface area contributed by atoms with Crippen molar-refractivity contribution in [1.82, 2.24) is 4.57 Å². The molecule has 30 heavy (non-hydrogen) atoms. The summed E-state index contributed by atoms with van der Waals surface area (Å²) < 4.78 is 1.82. The smallest absolute Gasteiger partial charge is 0.341 e. The first-order valence-electron chi connectivity index (χ1n) is 9.31. The molecular weight excluding hydrogens is 445 g/mol. The summed E-state index contributed by atoms with van der Waals surface area (Å²) in [6.07, 6.45) is 0. The van der Waals surface area contributed by atoms with Gasteiger partial charge in [-0.2, -0.15) is 0 Å². The maximum atomic E-state index is 13.5. The highest BCUT2D eigenvalue weighted by atomic mass is 35.5. The third kappa shape index (κ3) is 3.76. The first kappa shape index (κ1) is 22.4. The molecule has 0 atom stereocenters. The molecule has 0 fully saturated rings. The Balaban J connectivity index is 2.47. The Morgan fingerprint density at radius 1 is 0.967 bits per heavy atom. The summed E-state index contributed by atoms with van der Waals surface area (Å²) in [6.45, 7) is 7.88. The van der Waals surface area contributed by atoms with Crippen molar-refractivity contribution in [3.05, 3.63) is 78.0 Å². The fourth-order valence-corrected chi connectivity index (χ4v) is 4.21. The van der Waals surface area contributed by atoms with E-state index in [4.69, 9.17) is 34.8 Å². The fraction of sp³-hybridized carbons (Fsp3) is 0.217. The number of halogens is 3. The molecule has 1 N–H and O–H groups in total. The van der Waals surface area contributed by atoms with Crippen molar-refractivity contribution >= 4 is 40.8 Å². The maximum absolute atomic E-state index is 13.5. The van der Waals surface area contributed by atoms with E-state index in [0.29, 0.717) is 44.7 Å². The Kier molecular flexibility index (Phi) is 6.32. The monoisotopic (exact) mass is 463 g/mol. The molecule has 3 aromatic rings. The van der Waals surface area contributed by atoms with Crippen LogP contribution in [0.5, 0.6) is 0 Å². The van der Waals surface area contributed by atoms with E-state index in [1.807, 2.05) is 44.4 Å². The largest absolute Gasteiger partial charge is 0.477 e. The minimum Gasteiger partial charge on any atom is -0.477 e. The Hall–Kier alpha value is -2.27. The molecule has 1 heterocycles. The number of nitrogens with zero attached hydrogens (tertiary/aromatic N) is 1.